The summed E-state index contributed by atoms with van der Waals surface area (Å²) in [6.45, 7) is 0. The lowest BCUT2D eigenvalue weighted by molar-refractivity contribution is -0.113. The molecule has 1 aliphatic heterocycles. The maximum absolute atomic E-state index is 12.7. The predicted molar refractivity (Wildman–Crippen MR) is 104 cm³/mol. The third-order valence-corrected chi connectivity index (χ3v) is 4.79. The highest BCUT2D eigenvalue weighted by atomic mass is 35.5. The molecule has 0 radical (unpaired) electrons. The zero-order valence-electron chi connectivity index (χ0n) is 14.6. The first-order chi connectivity index (χ1) is 12.9. The molecule has 7 nitrogen and oxygen atoms in total. The van der Waals surface area contributed by atoms with Gasteiger partial charge in [-0.25, -0.2) is 14.5 Å². The molecule has 3 amide bonds. The van der Waals surface area contributed by atoms with Crippen molar-refractivity contribution >= 4 is 46.3 Å². The standard InChI is InChI=1S/C19H15ClN4O3/c1-22-15-7-6-11(9-16(15)23(2)19(22)27)8-14-17(25)24(18(26)21-14)13-5-3-4-12(20)10-13/h3-10H,1-2H3,(H,21,26)/b14-8+. The van der Waals surface area contributed by atoms with Crippen molar-refractivity contribution in [1.82, 2.24) is 14.5 Å². The van der Waals surface area contributed by atoms with Crippen LogP contribution >= 0.6 is 11.6 Å². The third kappa shape index (κ3) is 2.72. The van der Waals surface area contributed by atoms with Crippen molar-refractivity contribution < 1.29 is 9.59 Å². The first kappa shape index (κ1) is 17.1. The van der Waals surface area contributed by atoms with E-state index in [2.05, 4.69) is 5.32 Å². The molecule has 2 aromatic carbocycles. The minimum atomic E-state index is -0.540. The summed E-state index contributed by atoms with van der Waals surface area (Å²) in [6, 6.07) is 11.4. The Kier molecular flexibility index (Phi) is 3.89. The van der Waals surface area contributed by atoms with Crippen LogP contribution in [0.15, 0.2) is 53.0 Å². The summed E-state index contributed by atoms with van der Waals surface area (Å²) in [6.07, 6.45) is 1.59. The van der Waals surface area contributed by atoms with E-state index in [-0.39, 0.29) is 11.4 Å². The number of nitrogens with zero attached hydrogens (tertiary/aromatic N) is 3. The average Bonchev–Trinajstić information content (AvgIpc) is 3.03. The molecule has 3 aromatic rings. The number of imidazole rings is 1. The van der Waals surface area contributed by atoms with Crippen LogP contribution in [0.5, 0.6) is 0 Å². The zero-order valence-corrected chi connectivity index (χ0v) is 15.3. The van der Waals surface area contributed by atoms with Crippen LogP contribution in [-0.4, -0.2) is 21.1 Å². The van der Waals surface area contributed by atoms with Crippen molar-refractivity contribution in [2.24, 2.45) is 14.1 Å². The smallest absolute Gasteiger partial charge is 0.302 e. The van der Waals surface area contributed by atoms with Gasteiger partial charge in [-0.1, -0.05) is 23.7 Å². The summed E-state index contributed by atoms with van der Waals surface area (Å²) in [5, 5.41) is 3.01. The Morgan fingerprint density at radius 3 is 2.44 bits per heavy atom. The number of halogens is 1. The lowest BCUT2D eigenvalue weighted by Crippen LogP contribution is -2.30. The first-order valence-electron chi connectivity index (χ1n) is 8.15. The van der Waals surface area contributed by atoms with Crippen molar-refractivity contribution in [2.75, 3.05) is 4.90 Å². The average molecular weight is 383 g/mol. The summed E-state index contributed by atoms with van der Waals surface area (Å²) in [5.74, 6) is -0.468. The van der Waals surface area contributed by atoms with Crippen molar-refractivity contribution in [3.8, 4) is 0 Å². The van der Waals surface area contributed by atoms with Crippen LogP contribution in [0.25, 0.3) is 17.1 Å². The van der Waals surface area contributed by atoms with Crippen LogP contribution in [0.2, 0.25) is 5.02 Å². The van der Waals surface area contributed by atoms with E-state index in [0.29, 0.717) is 16.3 Å². The Morgan fingerprint density at radius 1 is 0.963 bits per heavy atom. The number of anilines is 1. The third-order valence-electron chi connectivity index (χ3n) is 4.55. The molecule has 8 heteroatoms. The van der Waals surface area contributed by atoms with Gasteiger partial charge in [0.1, 0.15) is 5.70 Å². The van der Waals surface area contributed by atoms with Gasteiger partial charge in [0.15, 0.2) is 0 Å². The number of rotatable bonds is 2. The number of nitrogens with one attached hydrogen (secondary N) is 1. The van der Waals surface area contributed by atoms with Gasteiger partial charge in [-0.05, 0) is 42.0 Å². The van der Waals surface area contributed by atoms with Crippen molar-refractivity contribution in [3.05, 3.63) is 69.2 Å². The Hall–Kier alpha value is -3.32. The Morgan fingerprint density at radius 2 is 1.70 bits per heavy atom. The number of urea groups is 1. The van der Waals surface area contributed by atoms with Gasteiger partial charge in [0, 0.05) is 19.1 Å². The Bertz CT molecular complexity index is 1210. The number of amides is 3. The number of carbonyl (C=O) groups excluding carboxylic acids is 2. The van der Waals surface area contributed by atoms with E-state index in [0.717, 1.165) is 15.9 Å². The summed E-state index contributed by atoms with van der Waals surface area (Å²) in [4.78, 5) is 38.0. The van der Waals surface area contributed by atoms with Gasteiger partial charge in [-0.3, -0.25) is 13.9 Å². The maximum Gasteiger partial charge on any atom is 0.333 e. The minimum absolute atomic E-state index is 0.132. The molecule has 1 aliphatic rings. The van der Waals surface area contributed by atoms with Crippen LogP contribution in [0.4, 0.5) is 10.5 Å². The van der Waals surface area contributed by atoms with E-state index in [9.17, 15) is 14.4 Å². The van der Waals surface area contributed by atoms with Gasteiger partial charge in [-0.2, -0.15) is 0 Å². The molecule has 0 unspecified atom stereocenters. The molecule has 0 spiro atoms. The van der Waals surface area contributed by atoms with Crippen LogP contribution in [0, 0.1) is 0 Å². The number of hydrogen-bond donors (Lipinski definition) is 1. The van der Waals surface area contributed by atoms with Crippen LogP contribution in [0.3, 0.4) is 0 Å². The number of aryl methyl sites for hydroxylation is 2. The first-order valence-corrected chi connectivity index (χ1v) is 8.53. The van der Waals surface area contributed by atoms with E-state index >= 15 is 0 Å². The molecule has 0 saturated carbocycles. The monoisotopic (exact) mass is 382 g/mol. The molecule has 4 rings (SSSR count). The van der Waals surface area contributed by atoms with Crippen molar-refractivity contribution in [3.63, 3.8) is 0 Å². The van der Waals surface area contributed by atoms with Crippen LogP contribution < -0.4 is 15.9 Å². The molecule has 136 valence electrons. The van der Waals surface area contributed by atoms with Gasteiger partial charge in [0.05, 0.1) is 16.7 Å². The molecule has 1 saturated heterocycles. The van der Waals surface area contributed by atoms with E-state index in [1.165, 1.54) is 4.57 Å². The number of hydrogen-bond acceptors (Lipinski definition) is 3. The largest absolute Gasteiger partial charge is 0.333 e. The fourth-order valence-corrected chi connectivity index (χ4v) is 3.35. The topological polar surface area (TPSA) is 76.3 Å². The minimum Gasteiger partial charge on any atom is -0.302 e. The van der Waals surface area contributed by atoms with Gasteiger partial charge in [0.2, 0.25) is 0 Å². The molecule has 1 aromatic heterocycles. The SMILES string of the molecule is Cn1c(=O)n(C)c2cc(/C=C3/NC(=O)N(c4cccc(Cl)c4)C3=O)ccc21. The molecule has 0 atom stereocenters. The summed E-state index contributed by atoms with van der Waals surface area (Å²) in [7, 11) is 3.39. The molecule has 2 heterocycles. The highest BCUT2D eigenvalue weighted by Crippen LogP contribution is 2.25. The second-order valence-corrected chi connectivity index (χ2v) is 6.69. The molecule has 27 heavy (non-hydrogen) atoms. The van der Waals surface area contributed by atoms with Gasteiger partial charge >= 0.3 is 11.7 Å². The Labute approximate surface area is 159 Å². The van der Waals surface area contributed by atoms with E-state index < -0.39 is 11.9 Å². The molecular weight excluding hydrogens is 368 g/mol. The maximum atomic E-state index is 12.7. The summed E-state index contributed by atoms with van der Waals surface area (Å²) < 4.78 is 3.08. The fraction of sp³-hybridized carbons (Fsp3) is 0.105. The van der Waals surface area contributed by atoms with E-state index in [1.54, 1.807) is 67.2 Å². The van der Waals surface area contributed by atoms with E-state index in [1.807, 2.05) is 0 Å². The van der Waals surface area contributed by atoms with Crippen LogP contribution in [0.1, 0.15) is 5.56 Å². The highest BCUT2D eigenvalue weighted by molar-refractivity contribution is 6.32. The highest BCUT2D eigenvalue weighted by Gasteiger charge is 2.34. The van der Waals surface area contributed by atoms with Crippen LogP contribution in [-0.2, 0) is 18.9 Å². The van der Waals surface area contributed by atoms with Gasteiger partial charge in [-0.15, -0.1) is 0 Å². The molecule has 1 N–H and O–H groups in total. The number of aromatic nitrogens is 2. The second-order valence-electron chi connectivity index (χ2n) is 6.26. The zero-order chi connectivity index (χ0) is 19.3. The number of imide groups is 1. The molecule has 1 fully saturated rings. The number of fused-ring (bicyclic) bond motifs is 1. The lowest BCUT2D eigenvalue weighted by Gasteiger charge is -2.11. The quantitative estimate of drug-likeness (QED) is 0.546. The van der Waals surface area contributed by atoms with Crippen molar-refractivity contribution in [2.45, 2.75) is 0 Å². The second kappa shape index (κ2) is 6.14. The lowest BCUT2D eigenvalue weighted by atomic mass is 10.1. The summed E-state index contributed by atoms with van der Waals surface area (Å²) >= 11 is 5.96. The van der Waals surface area contributed by atoms with Gasteiger partial charge in [0.25, 0.3) is 5.91 Å². The Balaban J connectivity index is 1.74. The normalized spacial score (nSPS) is 15.8. The molecule has 0 bridgehead atoms. The number of carbonyl (C=O) groups is 2. The van der Waals surface area contributed by atoms with E-state index in [4.69, 9.17) is 11.6 Å². The van der Waals surface area contributed by atoms with Crippen molar-refractivity contribution in [1.29, 1.82) is 0 Å². The number of benzene rings is 2. The van der Waals surface area contributed by atoms with Gasteiger partial charge < -0.3 is 5.32 Å². The molecule has 0 aliphatic carbocycles. The fourth-order valence-electron chi connectivity index (χ4n) is 3.17. The predicted octanol–water partition coefficient (Wildman–Crippen LogP) is 2.63. The molecular formula is C19H15ClN4O3. The summed E-state index contributed by atoms with van der Waals surface area (Å²) in [5.41, 5.74) is 2.63.